The van der Waals surface area contributed by atoms with Gasteiger partial charge >= 0.3 is 0 Å². The number of anilines is 1. The van der Waals surface area contributed by atoms with Gasteiger partial charge in [-0.1, -0.05) is 6.42 Å². The van der Waals surface area contributed by atoms with Crippen LogP contribution < -0.4 is 10.1 Å². The second-order valence-electron chi connectivity index (χ2n) is 6.59. The van der Waals surface area contributed by atoms with Crippen LogP contribution in [0.5, 0.6) is 5.75 Å². The van der Waals surface area contributed by atoms with Gasteiger partial charge in [-0.3, -0.25) is 4.79 Å². The molecule has 134 valence electrons. The molecule has 2 heterocycles. The van der Waals surface area contributed by atoms with Crippen molar-refractivity contribution in [3.05, 3.63) is 60.2 Å². The monoisotopic (exact) mass is 353 g/mol. The van der Waals surface area contributed by atoms with Crippen molar-refractivity contribution in [2.75, 3.05) is 5.32 Å². The predicted octanol–water partition coefficient (Wildman–Crippen LogP) is 4.44. The van der Waals surface area contributed by atoms with Crippen molar-refractivity contribution in [3.8, 4) is 5.75 Å². The average molecular weight is 353 g/mol. The normalized spacial score (nSPS) is 15.1. The van der Waals surface area contributed by atoms with Gasteiger partial charge in [0.2, 0.25) is 0 Å². The zero-order chi connectivity index (χ0) is 17.9. The molecule has 0 spiro atoms. The molecule has 4 rings (SSSR count). The van der Waals surface area contributed by atoms with Crippen molar-refractivity contribution in [3.63, 3.8) is 0 Å². The molecule has 1 amide bonds. The van der Waals surface area contributed by atoms with Crippen LogP contribution in [-0.2, 0) is 0 Å². The second-order valence-corrected chi connectivity index (χ2v) is 6.59. The fourth-order valence-corrected chi connectivity index (χ4v) is 3.31. The molecule has 2 aromatic heterocycles. The molecule has 1 aromatic carbocycles. The number of hydrogen-bond donors (Lipinski definition) is 1. The van der Waals surface area contributed by atoms with E-state index in [1.54, 1.807) is 29.0 Å². The van der Waals surface area contributed by atoms with Crippen LogP contribution in [0.4, 0.5) is 10.1 Å². The number of amides is 1. The van der Waals surface area contributed by atoms with E-state index in [9.17, 15) is 9.18 Å². The first-order valence-electron chi connectivity index (χ1n) is 8.90. The van der Waals surface area contributed by atoms with E-state index in [2.05, 4.69) is 10.4 Å². The highest BCUT2D eigenvalue weighted by atomic mass is 19.1. The Labute approximate surface area is 150 Å². The van der Waals surface area contributed by atoms with E-state index >= 15 is 0 Å². The maximum absolute atomic E-state index is 13.7. The minimum atomic E-state index is -0.418. The molecule has 0 atom stereocenters. The Hall–Kier alpha value is -2.89. The summed E-state index contributed by atoms with van der Waals surface area (Å²) < 4.78 is 21.4. The van der Waals surface area contributed by atoms with Gasteiger partial charge in [0.1, 0.15) is 11.6 Å². The van der Waals surface area contributed by atoms with Crippen LogP contribution in [0.15, 0.2) is 48.8 Å². The first kappa shape index (κ1) is 16.6. The average Bonchev–Trinajstić information content (AvgIpc) is 3.12. The molecular formula is C20H20FN3O2. The number of aromatic nitrogens is 2. The Balaban J connectivity index is 1.55. The van der Waals surface area contributed by atoms with E-state index in [1.807, 2.05) is 12.1 Å². The summed E-state index contributed by atoms with van der Waals surface area (Å²) in [5.41, 5.74) is 1.68. The number of carbonyl (C=O) groups is 1. The molecular weight excluding hydrogens is 333 g/mol. The van der Waals surface area contributed by atoms with Crippen molar-refractivity contribution in [2.45, 2.75) is 38.2 Å². The van der Waals surface area contributed by atoms with E-state index < -0.39 is 5.82 Å². The molecule has 0 aliphatic heterocycles. The Morgan fingerprint density at radius 2 is 2.00 bits per heavy atom. The summed E-state index contributed by atoms with van der Waals surface area (Å²) >= 11 is 0. The minimum Gasteiger partial charge on any atom is -0.488 e. The number of ether oxygens (including phenoxy) is 1. The van der Waals surface area contributed by atoms with E-state index in [0.29, 0.717) is 17.0 Å². The van der Waals surface area contributed by atoms with Gasteiger partial charge in [0.05, 0.1) is 22.9 Å². The summed E-state index contributed by atoms with van der Waals surface area (Å²) in [5, 5.41) is 6.90. The fraction of sp³-hybridized carbons (Fsp3) is 0.300. The smallest absolute Gasteiger partial charge is 0.257 e. The number of hydrogen-bond acceptors (Lipinski definition) is 3. The molecule has 26 heavy (non-hydrogen) atoms. The number of benzene rings is 1. The molecule has 1 aliphatic carbocycles. The van der Waals surface area contributed by atoms with Gasteiger partial charge in [-0.25, -0.2) is 8.91 Å². The first-order valence-corrected chi connectivity index (χ1v) is 8.90. The lowest BCUT2D eigenvalue weighted by molar-refractivity contribution is 0.102. The molecule has 1 aliphatic rings. The Bertz CT molecular complexity index is 932. The van der Waals surface area contributed by atoms with Gasteiger partial charge in [-0.2, -0.15) is 5.10 Å². The number of halogens is 1. The van der Waals surface area contributed by atoms with Crippen LogP contribution >= 0.6 is 0 Å². The van der Waals surface area contributed by atoms with Crippen LogP contribution in [0.1, 0.15) is 42.5 Å². The summed E-state index contributed by atoms with van der Waals surface area (Å²) in [6.45, 7) is 0. The zero-order valence-corrected chi connectivity index (χ0v) is 14.3. The van der Waals surface area contributed by atoms with E-state index in [4.69, 9.17) is 4.74 Å². The van der Waals surface area contributed by atoms with Crippen LogP contribution in [0.2, 0.25) is 0 Å². The van der Waals surface area contributed by atoms with Crippen molar-refractivity contribution >= 4 is 17.1 Å². The zero-order valence-electron chi connectivity index (χ0n) is 14.3. The lowest BCUT2D eigenvalue weighted by atomic mass is 9.98. The standard InChI is InChI=1S/C20H20FN3O2/c21-15-7-9-19(26-17-4-2-1-3-5-17)18(12-15)23-20(25)14-6-8-16-10-11-22-24(16)13-14/h6-13,17H,1-5H2,(H,23,25). The Morgan fingerprint density at radius 3 is 2.85 bits per heavy atom. The van der Waals surface area contributed by atoms with Crippen molar-refractivity contribution in [2.24, 2.45) is 0 Å². The lowest BCUT2D eigenvalue weighted by Gasteiger charge is -2.24. The van der Waals surface area contributed by atoms with Gasteiger partial charge in [-0.05, 0) is 56.0 Å². The largest absolute Gasteiger partial charge is 0.488 e. The maximum Gasteiger partial charge on any atom is 0.257 e. The third-order valence-corrected chi connectivity index (χ3v) is 4.69. The summed E-state index contributed by atoms with van der Waals surface area (Å²) in [6, 6.07) is 9.60. The molecule has 0 unspecified atom stereocenters. The SMILES string of the molecule is O=C(Nc1cc(F)ccc1OC1CCCCC1)c1ccc2ccnn2c1. The third kappa shape index (κ3) is 3.54. The fourth-order valence-electron chi connectivity index (χ4n) is 3.31. The Kier molecular flexibility index (Phi) is 4.56. The molecule has 1 fully saturated rings. The van der Waals surface area contributed by atoms with Gasteiger partial charge in [0.15, 0.2) is 0 Å². The van der Waals surface area contributed by atoms with E-state index in [0.717, 1.165) is 31.2 Å². The number of rotatable bonds is 4. The highest BCUT2D eigenvalue weighted by Crippen LogP contribution is 2.30. The molecule has 5 nitrogen and oxygen atoms in total. The number of carbonyl (C=O) groups excluding carboxylic acids is 1. The van der Waals surface area contributed by atoms with Crippen LogP contribution in [-0.4, -0.2) is 21.6 Å². The van der Waals surface area contributed by atoms with E-state index in [1.165, 1.54) is 18.6 Å². The maximum atomic E-state index is 13.7. The second kappa shape index (κ2) is 7.15. The van der Waals surface area contributed by atoms with Crippen LogP contribution in [0.3, 0.4) is 0 Å². The first-order chi connectivity index (χ1) is 12.7. The van der Waals surface area contributed by atoms with E-state index in [-0.39, 0.29) is 12.0 Å². The molecule has 1 N–H and O–H groups in total. The third-order valence-electron chi connectivity index (χ3n) is 4.69. The van der Waals surface area contributed by atoms with Gasteiger partial charge in [0.25, 0.3) is 5.91 Å². The summed E-state index contributed by atoms with van der Waals surface area (Å²) in [7, 11) is 0. The minimum absolute atomic E-state index is 0.116. The van der Waals surface area contributed by atoms with Crippen LogP contribution in [0, 0.1) is 5.82 Å². The molecule has 0 radical (unpaired) electrons. The van der Waals surface area contributed by atoms with Gasteiger partial charge in [-0.15, -0.1) is 0 Å². The summed E-state index contributed by atoms with van der Waals surface area (Å²) in [6.07, 6.45) is 8.90. The molecule has 1 saturated carbocycles. The quantitative estimate of drug-likeness (QED) is 0.754. The predicted molar refractivity (Wildman–Crippen MR) is 97.0 cm³/mol. The van der Waals surface area contributed by atoms with Gasteiger partial charge in [0, 0.05) is 18.5 Å². The van der Waals surface area contributed by atoms with Crippen LogP contribution in [0.25, 0.3) is 5.52 Å². The lowest BCUT2D eigenvalue weighted by Crippen LogP contribution is -2.21. The number of nitrogens with zero attached hydrogens (tertiary/aromatic N) is 2. The number of fused-ring (bicyclic) bond motifs is 1. The molecule has 0 bridgehead atoms. The molecule has 3 aromatic rings. The number of pyridine rings is 1. The van der Waals surface area contributed by atoms with Crippen molar-refractivity contribution in [1.82, 2.24) is 9.61 Å². The highest BCUT2D eigenvalue weighted by Gasteiger charge is 2.18. The summed E-state index contributed by atoms with van der Waals surface area (Å²) in [4.78, 5) is 12.6. The van der Waals surface area contributed by atoms with Crippen molar-refractivity contribution < 1.29 is 13.9 Å². The van der Waals surface area contributed by atoms with Crippen molar-refractivity contribution in [1.29, 1.82) is 0 Å². The topological polar surface area (TPSA) is 55.6 Å². The molecule has 0 saturated heterocycles. The highest BCUT2D eigenvalue weighted by molar-refractivity contribution is 6.05. The summed E-state index contributed by atoms with van der Waals surface area (Å²) in [5.74, 6) is -0.243. The Morgan fingerprint density at radius 1 is 1.15 bits per heavy atom. The molecule has 6 heteroatoms. The van der Waals surface area contributed by atoms with Gasteiger partial charge < -0.3 is 10.1 Å². The number of nitrogens with one attached hydrogen (secondary N) is 1.